The molecular weight excluding hydrogens is 202 g/mol. The molecule has 0 radical (unpaired) electrons. The van der Waals surface area contributed by atoms with Gasteiger partial charge in [-0.3, -0.25) is 4.79 Å². The van der Waals surface area contributed by atoms with Gasteiger partial charge in [-0.2, -0.15) is 0 Å². The number of amides is 1. The summed E-state index contributed by atoms with van der Waals surface area (Å²) in [6, 6.07) is 0. The van der Waals surface area contributed by atoms with E-state index in [-0.39, 0.29) is 12.5 Å². The first-order chi connectivity index (χ1) is 7.81. The van der Waals surface area contributed by atoms with Gasteiger partial charge in [0.2, 0.25) is 5.91 Å². The number of carbonyl (C=O) groups is 1. The zero-order chi connectivity index (χ0) is 12.1. The number of hydrogen-bond donors (Lipinski definition) is 2. The Morgan fingerprint density at radius 3 is 2.38 bits per heavy atom. The lowest BCUT2D eigenvalue weighted by Crippen LogP contribution is -2.23. The Bertz CT molecular complexity index is 160. The second-order valence-electron chi connectivity index (χ2n) is 4.30. The summed E-state index contributed by atoms with van der Waals surface area (Å²) in [5.41, 5.74) is 0. The van der Waals surface area contributed by atoms with Gasteiger partial charge in [-0.15, -0.1) is 0 Å². The van der Waals surface area contributed by atoms with Gasteiger partial charge >= 0.3 is 0 Å². The number of rotatable bonds is 11. The maximum atomic E-state index is 11.3. The summed E-state index contributed by atoms with van der Waals surface area (Å²) in [5, 5.41) is 11.5. The van der Waals surface area contributed by atoms with Gasteiger partial charge in [0.25, 0.3) is 0 Å². The SMILES string of the molecule is CCCCCNC(=O)CCCCCCCO. The topological polar surface area (TPSA) is 49.3 Å². The van der Waals surface area contributed by atoms with E-state index in [0.717, 1.165) is 45.1 Å². The predicted octanol–water partition coefficient (Wildman–Crippen LogP) is 2.63. The van der Waals surface area contributed by atoms with Crippen molar-refractivity contribution in [3.8, 4) is 0 Å². The molecule has 0 atom stereocenters. The third-order valence-corrected chi connectivity index (χ3v) is 2.66. The fourth-order valence-corrected chi connectivity index (χ4v) is 1.62. The zero-order valence-corrected chi connectivity index (χ0v) is 10.6. The molecule has 1 amide bonds. The van der Waals surface area contributed by atoms with E-state index in [9.17, 15) is 4.79 Å². The van der Waals surface area contributed by atoms with Gasteiger partial charge in [-0.25, -0.2) is 0 Å². The first-order valence-electron chi connectivity index (χ1n) is 6.68. The summed E-state index contributed by atoms with van der Waals surface area (Å²) in [5.74, 6) is 0.193. The lowest BCUT2D eigenvalue weighted by molar-refractivity contribution is -0.121. The van der Waals surface area contributed by atoms with Crippen LogP contribution in [0.25, 0.3) is 0 Å². The Balaban J connectivity index is 3.11. The molecule has 0 heterocycles. The average Bonchev–Trinajstić information content (AvgIpc) is 2.29. The highest BCUT2D eigenvalue weighted by Crippen LogP contribution is 2.04. The summed E-state index contributed by atoms with van der Waals surface area (Å²) in [6.07, 6.45) is 9.32. The monoisotopic (exact) mass is 229 g/mol. The van der Waals surface area contributed by atoms with Crippen molar-refractivity contribution < 1.29 is 9.90 Å². The average molecular weight is 229 g/mol. The van der Waals surface area contributed by atoms with Crippen molar-refractivity contribution in [2.24, 2.45) is 0 Å². The van der Waals surface area contributed by atoms with Crippen molar-refractivity contribution in [1.29, 1.82) is 0 Å². The minimum Gasteiger partial charge on any atom is -0.396 e. The summed E-state index contributed by atoms with van der Waals surface area (Å²) in [4.78, 5) is 11.3. The predicted molar refractivity (Wildman–Crippen MR) is 67.3 cm³/mol. The third kappa shape index (κ3) is 11.5. The van der Waals surface area contributed by atoms with Crippen LogP contribution in [0.3, 0.4) is 0 Å². The fraction of sp³-hybridized carbons (Fsp3) is 0.923. The maximum absolute atomic E-state index is 11.3. The van der Waals surface area contributed by atoms with Crippen molar-refractivity contribution in [2.45, 2.75) is 64.7 Å². The molecule has 0 saturated carbocycles. The second-order valence-corrected chi connectivity index (χ2v) is 4.30. The van der Waals surface area contributed by atoms with Gasteiger partial charge in [0.15, 0.2) is 0 Å². The molecular formula is C13H27NO2. The van der Waals surface area contributed by atoms with Crippen LogP contribution in [0.5, 0.6) is 0 Å². The highest BCUT2D eigenvalue weighted by atomic mass is 16.2. The van der Waals surface area contributed by atoms with Crippen LogP contribution in [-0.4, -0.2) is 24.2 Å². The van der Waals surface area contributed by atoms with Crippen molar-refractivity contribution in [3.63, 3.8) is 0 Å². The molecule has 0 aromatic rings. The number of hydrogen-bond acceptors (Lipinski definition) is 2. The minimum absolute atomic E-state index is 0.193. The lowest BCUT2D eigenvalue weighted by atomic mass is 10.1. The molecule has 16 heavy (non-hydrogen) atoms. The van der Waals surface area contributed by atoms with E-state index >= 15 is 0 Å². The van der Waals surface area contributed by atoms with E-state index in [1.807, 2.05) is 0 Å². The van der Waals surface area contributed by atoms with Crippen molar-refractivity contribution in [1.82, 2.24) is 5.32 Å². The molecule has 0 aliphatic carbocycles. The van der Waals surface area contributed by atoms with Crippen LogP contribution >= 0.6 is 0 Å². The molecule has 3 nitrogen and oxygen atoms in total. The van der Waals surface area contributed by atoms with Gasteiger partial charge in [0.1, 0.15) is 0 Å². The van der Waals surface area contributed by atoms with Crippen molar-refractivity contribution in [2.75, 3.05) is 13.2 Å². The lowest BCUT2D eigenvalue weighted by Gasteiger charge is -2.04. The summed E-state index contributed by atoms with van der Waals surface area (Å²) < 4.78 is 0. The van der Waals surface area contributed by atoms with Crippen LogP contribution in [0, 0.1) is 0 Å². The van der Waals surface area contributed by atoms with Gasteiger partial charge in [-0.1, -0.05) is 39.0 Å². The van der Waals surface area contributed by atoms with Crippen molar-refractivity contribution in [3.05, 3.63) is 0 Å². The van der Waals surface area contributed by atoms with Gasteiger partial charge in [-0.05, 0) is 19.3 Å². The summed E-state index contributed by atoms with van der Waals surface area (Å²) in [7, 11) is 0. The standard InChI is InChI=1S/C13H27NO2/c1-2-3-8-11-14-13(16)10-7-5-4-6-9-12-15/h15H,2-12H2,1H3,(H,14,16). The van der Waals surface area contributed by atoms with Crippen LogP contribution < -0.4 is 5.32 Å². The molecule has 0 saturated heterocycles. The van der Waals surface area contributed by atoms with E-state index in [1.165, 1.54) is 12.8 Å². The first kappa shape index (κ1) is 15.4. The van der Waals surface area contributed by atoms with Crippen LogP contribution in [0.1, 0.15) is 64.7 Å². The molecule has 0 fully saturated rings. The summed E-state index contributed by atoms with van der Waals surface area (Å²) >= 11 is 0. The maximum Gasteiger partial charge on any atom is 0.219 e. The number of unbranched alkanes of at least 4 members (excludes halogenated alkanes) is 6. The molecule has 3 heteroatoms. The van der Waals surface area contributed by atoms with Crippen LogP contribution in [-0.2, 0) is 4.79 Å². The van der Waals surface area contributed by atoms with Crippen LogP contribution in [0.15, 0.2) is 0 Å². The Morgan fingerprint density at radius 2 is 1.69 bits per heavy atom. The van der Waals surface area contributed by atoms with E-state index in [2.05, 4.69) is 12.2 Å². The Hall–Kier alpha value is -0.570. The smallest absolute Gasteiger partial charge is 0.219 e. The third-order valence-electron chi connectivity index (χ3n) is 2.66. The molecule has 0 aliphatic heterocycles. The zero-order valence-electron chi connectivity index (χ0n) is 10.6. The number of aliphatic hydroxyl groups excluding tert-OH is 1. The molecule has 0 rings (SSSR count). The molecule has 2 N–H and O–H groups in total. The van der Waals surface area contributed by atoms with E-state index in [4.69, 9.17) is 5.11 Å². The number of nitrogens with one attached hydrogen (secondary N) is 1. The highest BCUT2D eigenvalue weighted by molar-refractivity contribution is 5.75. The normalized spacial score (nSPS) is 10.4. The number of carbonyl (C=O) groups excluding carboxylic acids is 1. The molecule has 0 unspecified atom stereocenters. The molecule has 96 valence electrons. The van der Waals surface area contributed by atoms with Gasteiger partial charge in [0.05, 0.1) is 0 Å². The fourth-order valence-electron chi connectivity index (χ4n) is 1.62. The summed E-state index contributed by atoms with van der Waals surface area (Å²) in [6.45, 7) is 3.28. The molecule has 0 aliphatic rings. The first-order valence-corrected chi connectivity index (χ1v) is 6.68. The number of aliphatic hydroxyl groups is 1. The Kier molecular flexibility index (Phi) is 12.1. The molecule has 0 aromatic carbocycles. The highest BCUT2D eigenvalue weighted by Gasteiger charge is 1.99. The van der Waals surface area contributed by atoms with Crippen LogP contribution in [0.4, 0.5) is 0 Å². The van der Waals surface area contributed by atoms with Crippen LogP contribution in [0.2, 0.25) is 0 Å². The van der Waals surface area contributed by atoms with Crippen molar-refractivity contribution >= 4 is 5.91 Å². The van der Waals surface area contributed by atoms with E-state index in [0.29, 0.717) is 6.42 Å². The second kappa shape index (κ2) is 12.5. The molecule has 0 aromatic heterocycles. The Labute approximate surface area is 99.6 Å². The van der Waals surface area contributed by atoms with E-state index < -0.39 is 0 Å². The van der Waals surface area contributed by atoms with E-state index in [1.54, 1.807) is 0 Å². The van der Waals surface area contributed by atoms with Gasteiger partial charge < -0.3 is 10.4 Å². The minimum atomic E-state index is 0.193. The van der Waals surface area contributed by atoms with Gasteiger partial charge in [0, 0.05) is 19.6 Å². The quantitative estimate of drug-likeness (QED) is 0.535. The molecule has 0 spiro atoms. The largest absolute Gasteiger partial charge is 0.396 e. The Morgan fingerprint density at radius 1 is 1.00 bits per heavy atom. The molecule has 0 bridgehead atoms.